The summed E-state index contributed by atoms with van der Waals surface area (Å²) in [5, 5.41) is 19.8. The van der Waals surface area contributed by atoms with Gasteiger partial charge in [0.2, 0.25) is 10.0 Å². The Bertz CT molecular complexity index is 645. The maximum atomic E-state index is 12.6. The van der Waals surface area contributed by atoms with Crippen molar-refractivity contribution in [2.24, 2.45) is 0 Å². The number of nitro groups is 1. The van der Waals surface area contributed by atoms with Crippen molar-refractivity contribution in [1.29, 1.82) is 0 Å². The van der Waals surface area contributed by atoms with Gasteiger partial charge in [0.25, 0.3) is 5.69 Å². The average molecular weight is 337 g/mol. The maximum absolute atomic E-state index is 12.6. The van der Waals surface area contributed by atoms with E-state index in [1.54, 1.807) is 13.8 Å². The third-order valence-corrected chi connectivity index (χ3v) is 5.44. The van der Waals surface area contributed by atoms with Gasteiger partial charge in [-0.25, -0.2) is 8.42 Å². The van der Waals surface area contributed by atoms with Gasteiger partial charge in [0, 0.05) is 18.7 Å². The zero-order chi connectivity index (χ0) is 16.4. The number of hydrogen-bond donors (Lipinski definition) is 1. The lowest BCUT2D eigenvalue weighted by Crippen LogP contribution is -2.39. The van der Waals surface area contributed by atoms with Crippen LogP contribution in [-0.4, -0.2) is 41.9 Å². The minimum Gasteiger partial charge on any atom is -0.395 e. The van der Waals surface area contributed by atoms with Crippen LogP contribution >= 0.6 is 11.6 Å². The van der Waals surface area contributed by atoms with Crippen molar-refractivity contribution in [2.75, 3.05) is 13.2 Å². The van der Waals surface area contributed by atoms with E-state index in [0.717, 1.165) is 10.4 Å². The second kappa shape index (κ2) is 6.69. The fraction of sp³-hybridized carbons (Fsp3) is 0.500. The van der Waals surface area contributed by atoms with Crippen molar-refractivity contribution >= 4 is 27.3 Å². The quantitative estimate of drug-likeness (QED) is 0.632. The van der Waals surface area contributed by atoms with Gasteiger partial charge in [-0.2, -0.15) is 4.31 Å². The van der Waals surface area contributed by atoms with Gasteiger partial charge in [0.15, 0.2) is 0 Å². The number of aryl methyl sites for hydroxylation is 1. The number of halogens is 1. The largest absolute Gasteiger partial charge is 0.395 e. The van der Waals surface area contributed by atoms with E-state index >= 15 is 0 Å². The first-order valence-electron chi connectivity index (χ1n) is 6.20. The number of aliphatic hydroxyl groups excluding tert-OH is 1. The molecule has 1 rings (SSSR count). The Morgan fingerprint density at radius 3 is 2.43 bits per heavy atom. The van der Waals surface area contributed by atoms with Crippen LogP contribution in [0.2, 0.25) is 5.02 Å². The Balaban J connectivity index is 3.50. The standard InChI is InChI=1S/C12H17ClN2O5S/c1-8(2)14(4-5-16)21(19,20)12-7-11(15(17)18)10(13)6-9(12)3/h6-8,16H,4-5H2,1-3H3. The Kier molecular flexibility index (Phi) is 5.68. The number of aliphatic hydroxyl groups is 1. The topological polar surface area (TPSA) is 101 Å². The van der Waals surface area contributed by atoms with Gasteiger partial charge in [-0.05, 0) is 32.4 Å². The first-order valence-corrected chi connectivity index (χ1v) is 8.02. The zero-order valence-corrected chi connectivity index (χ0v) is 13.5. The van der Waals surface area contributed by atoms with Crippen LogP contribution in [0.15, 0.2) is 17.0 Å². The van der Waals surface area contributed by atoms with Crippen molar-refractivity contribution in [2.45, 2.75) is 31.7 Å². The minimum absolute atomic E-state index is 0.0874. The van der Waals surface area contributed by atoms with Crippen molar-refractivity contribution in [1.82, 2.24) is 4.31 Å². The average Bonchev–Trinajstić information content (AvgIpc) is 2.34. The smallest absolute Gasteiger partial charge is 0.289 e. The predicted molar refractivity (Wildman–Crippen MR) is 79.0 cm³/mol. The van der Waals surface area contributed by atoms with Gasteiger partial charge in [0.1, 0.15) is 5.02 Å². The molecule has 0 bridgehead atoms. The van der Waals surface area contributed by atoms with Gasteiger partial charge >= 0.3 is 0 Å². The molecule has 0 unspecified atom stereocenters. The van der Waals surface area contributed by atoms with Crippen molar-refractivity contribution in [3.05, 3.63) is 32.8 Å². The van der Waals surface area contributed by atoms with Crippen molar-refractivity contribution in [3.63, 3.8) is 0 Å². The summed E-state index contributed by atoms with van der Waals surface area (Å²) in [6, 6.07) is 1.82. The molecule has 0 amide bonds. The molecule has 0 fully saturated rings. The Hall–Kier alpha value is -1.22. The second-order valence-electron chi connectivity index (χ2n) is 4.76. The van der Waals surface area contributed by atoms with Crippen LogP contribution in [-0.2, 0) is 10.0 Å². The molecule has 0 heterocycles. The fourth-order valence-electron chi connectivity index (χ4n) is 1.94. The summed E-state index contributed by atoms with van der Waals surface area (Å²) in [5.41, 5.74) is -0.150. The lowest BCUT2D eigenvalue weighted by Gasteiger charge is -2.25. The van der Waals surface area contributed by atoms with Gasteiger partial charge in [-0.3, -0.25) is 10.1 Å². The highest BCUT2D eigenvalue weighted by Gasteiger charge is 2.30. The number of nitro benzene ring substituents is 1. The molecule has 0 aliphatic rings. The van der Waals surface area contributed by atoms with E-state index in [4.69, 9.17) is 16.7 Å². The molecule has 9 heteroatoms. The lowest BCUT2D eigenvalue weighted by molar-refractivity contribution is -0.384. The SMILES string of the molecule is Cc1cc(Cl)c([N+](=O)[O-])cc1S(=O)(=O)N(CCO)C(C)C. The van der Waals surface area contributed by atoms with Gasteiger partial charge in [-0.1, -0.05) is 11.6 Å². The summed E-state index contributed by atoms with van der Waals surface area (Å²) in [7, 11) is -3.96. The number of nitrogens with zero attached hydrogens (tertiary/aromatic N) is 2. The van der Waals surface area contributed by atoms with Crippen LogP contribution in [0, 0.1) is 17.0 Å². The molecule has 0 atom stereocenters. The molecular weight excluding hydrogens is 320 g/mol. The summed E-state index contributed by atoms with van der Waals surface area (Å²) < 4.78 is 26.3. The van der Waals surface area contributed by atoms with Crippen LogP contribution in [0.1, 0.15) is 19.4 Å². The molecule has 21 heavy (non-hydrogen) atoms. The van der Waals surface area contributed by atoms with E-state index in [2.05, 4.69) is 0 Å². The molecule has 118 valence electrons. The normalized spacial score (nSPS) is 12.1. The van der Waals surface area contributed by atoms with Gasteiger partial charge in [-0.15, -0.1) is 0 Å². The van der Waals surface area contributed by atoms with E-state index in [1.165, 1.54) is 13.0 Å². The van der Waals surface area contributed by atoms with E-state index in [-0.39, 0.29) is 23.1 Å². The van der Waals surface area contributed by atoms with Gasteiger partial charge < -0.3 is 5.11 Å². The number of benzene rings is 1. The molecule has 0 radical (unpaired) electrons. The lowest BCUT2D eigenvalue weighted by atomic mass is 10.2. The molecule has 0 aliphatic carbocycles. The molecule has 0 aromatic heterocycles. The fourth-order valence-corrected chi connectivity index (χ4v) is 4.08. The minimum atomic E-state index is -3.96. The third kappa shape index (κ3) is 3.70. The maximum Gasteiger partial charge on any atom is 0.289 e. The van der Waals surface area contributed by atoms with Crippen LogP contribution in [0.3, 0.4) is 0 Å². The van der Waals surface area contributed by atoms with E-state index in [9.17, 15) is 18.5 Å². The van der Waals surface area contributed by atoms with E-state index < -0.39 is 26.7 Å². The van der Waals surface area contributed by atoms with Gasteiger partial charge in [0.05, 0.1) is 16.4 Å². The highest BCUT2D eigenvalue weighted by molar-refractivity contribution is 7.89. The third-order valence-electron chi connectivity index (χ3n) is 2.92. The molecule has 0 aliphatic heterocycles. The molecular formula is C12H17ClN2O5S. The zero-order valence-electron chi connectivity index (χ0n) is 11.9. The molecule has 7 nitrogen and oxygen atoms in total. The Morgan fingerprint density at radius 1 is 1.43 bits per heavy atom. The highest BCUT2D eigenvalue weighted by Crippen LogP contribution is 2.32. The first kappa shape index (κ1) is 17.8. The second-order valence-corrected chi connectivity index (χ2v) is 7.03. The summed E-state index contributed by atoms with van der Waals surface area (Å²) in [5.74, 6) is 0. The summed E-state index contributed by atoms with van der Waals surface area (Å²) in [4.78, 5) is 10.0. The number of hydrogen-bond acceptors (Lipinski definition) is 5. The monoisotopic (exact) mass is 336 g/mol. The molecule has 1 aromatic rings. The van der Waals surface area contributed by atoms with Crippen LogP contribution in [0.5, 0.6) is 0 Å². The molecule has 0 spiro atoms. The number of sulfonamides is 1. The van der Waals surface area contributed by atoms with Crippen molar-refractivity contribution in [3.8, 4) is 0 Å². The highest BCUT2D eigenvalue weighted by atomic mass is 35.5. The molecule has 1 N–H and O–H groups in total. The Morgan fingerprint density at radius 2 is 2.00 bits per heavy atom. The first-order chi connectivity index (χ1) is 9.62. The summed E-state index contributed by atoms with van der Waals surface area (Å²) >= 11 is 5.76. The predicted octanol–water partition coefficient (Wildman–Crippen LogP) is 1.95. The molecule has 0 saturated heterocycles. The van der Waals surface area contributed by atoms with E-state index in [0.29, 0.717) is 5.56 Å². The molecule has 0 saturated carbocycles. The van der Waals surface area contributed by atoms with Crippen LogP contribution in [0.25, 0.3) is 0 Å². The Labute approximate surface area is 128 Å². The summed E-state index contributed by atoms with van der Waals surface area (Å²) in [6.07, 6.45) is 0. The number of rotatable bonds is 6. The van der Waals surface area contributed by atoms with E-state index in [1.807, 2.05) is 0 Å². The van der Waals surface area contributed by atoms with Crippen molar-refractivity contribution < 1.29 is 18.4 Å². The summed E-state index contributed by atoms with van der Waals surface area (Å²) in [6.45, 7) is 4.40. The molecule has 1 aromatic carbocycles. The van der Waals surface area contributed by atoms with Crippen LogP contribution in [0.4, 0.5) is 5.69 Å². The van der Waals surface area contributed by atoms with Crippen LogP contribution < -0.4 is 0 Å².